The third-order valence-corrected chi connectivity index (χ3v) is 3.27. The summed E-state index contributed by atoms with van der Waals surface area (Å²) in [6.45, 7) is 0. The Hall–Kier alpha value is -1.63. The summed E-state index contributed by atoms with van der Waals surface area (Å²) in [6, 6.07) is 0.780. The second kappa shape index (κ2) is 4.48. The molecule has 6 nitrogen and oxygen atoms in total. The first-order valence-corrected chi connectivity index (χ1v) is 5.74. The van der Waals surface area contributed by atoms with E-state index >= 15 is 0 Å². The van der Waals surface area contributed by atoms with E-state index in [1.807, 2.05) is 0 Å². The van der Waals surface area contributed by atoms with E-state index in [2.05, 4.69) is 10.2 Å². The number of thioether (sulfide) groups is 1. The normalized spacial score (nSPS) is 19.8. The van der Waals surface area contributed by atoms with Crippen molar-refractivity contribution in [3.63, 3.8) is 0 Å². The Morgan fingerprint density at radius 2 is 2.31 bits per heavy atom. The summed E-state index contributed by atoms with van der Waals surface area (Å²) in [5.41, 5.74) is 0.365. The number of hydrogen-bond acceptors (Lipinski definition) is 5. The molecule has 1 N–H and O–H groups in total. The van der Waals surface area contributed by atoms with Crippen molar-refractivity contribution >= 4 is 23.6 Å². The van der Waals surface area contributed by atoms with E-state index in [-0.39, 0.29) is 5.91 Å². The second-order valence-electron chi connectivity index (χ2n) is 3.26. The maximum absolute atomic E-state index is 11.9. The van der Waals surface area contributed by atoms with Gasteiger partial charge in [0.2, 0.25) is 0 Å². The van der Waals surface area contributed by atoms with Crippen LogP contribution in [0.25, 0.3) is 0 Å². The summed E-state index contributed by atoms with van der Waals surface area (Å²) in [4.78, 5) is 24.2. The topological polar surface area (TPSA) is 83.4 Å². The van der Waals surface area contributed by atoms with Crippen molar-refractivity contribution in [3.05, 3.63) is 24.0 Å². The molecule has 0 aromatic carbocycles. The second-order valence-corrected chi connectivity index (χ2v) is 4.26. The molecule has 1 amide bonds. The number of hydrogen-bond donors (Lipinski definition) is 1. The Morgan fingerprint density at radius 1 is 1.50 bits per heavy atom. The molecule has 1 aliphatic heterocycles. The first-order valence-electron chi connectivity index (χ1n) is 4.58. The predicted molar refractivity (Wildman–Crippen MR) is 57.0 cm³/mol. The number of nitrogens with zero attached hydrogens (tertiary/aromatic N) is 3. The molecule has 0 aliphatic carbocycles. The molecule has 0 radical (unpaired) electrons. The van der Waals surface area contributed by atoms with Crippen LogP contribution in [0.2, 0.25) is 0 Å². The largest absolute Gasteiger partial charge is 0.480 e. The van der Waals surface area contributed by atoms with Crippen LogP contribution in [-0.2, 0) is 4.79 Å². The molecule has 7 heteroatoms. The molecule has 0 bridgehead atoms. The number of carboxylic acid groups (broad SMARTS) is 1. The van der Waals surface area contributed by atoms with E-state index in [0.717, 1.165) is 0 Å². The number of amides is 1. The molecule has 1 saturated heterocycles. The van der Waals surface area contributed by atoms with Gasteiger partial charge < -0.3 is 10.0 Å². The summed E-state index contributed by atoms with van der Waals surface area (Å²) in [6.07, 6.45) is 2.75. The standard InChI is InChI=1S/C9H9N3O3S/c13-8(6-1-2-10-11-3-6)12-5-16-4-7(12)9(14)15/h1-3,7H,4-5H2,(H,14,15)/t7-/m0/s1. The maximum atomic E-state index is 11.9. The number of rotatable bonds is 2. The Balaban J connectivity index is 2.19. The minimum Gasteiger partial charge on any atom is -0.480 e. The van der Waals surface area contributed by atoms with Crippen molar-refractivity contribution in [2.24, 2.45) is 0 Å². The molecule has 2 rings (SSSR count). The summed E-state index contributed by atoms with van der Waals surface area (Å²) in [5, 5.41) is 16.1. The van der Waals surface area contributed by atoms with Gasteiger partial charge in [0.05, 0.1) is 23.8 Å². The van der Waals surface area contributed by atoms with Crippen LogP contribution in [0.3, 0.4) is 0 Å². The lowest BCUT2D eigenvalue weighted by Crippen LogP contribution is -2.41. The molecule has 0 unspecified atom stereocenters. The van der Waals surface area contributed by atoms with E-state index in [4.69, 9.17) is 5.11 Å². The molecule has 1 aromatic heterocycles. The van der Waals surface area contributed by atoms with E-state index in [0.29, 0.717) is 17.2 Å². The van der Waals surface area contributed by atoms with E-state index < -0.39 is 12.0 Å². The highest BCUT2D eigenvalue weighted by atomic mass is 32.2. The quantitative estimate of drug-likeness (QED) is 0.786. The average molecular weight is 239 g/mol. The number of aliphatic carboxylic acids is 1. The number of carbonyl (C=O) groups excluding carboxylic acids is 1. The van der Waals surface area contributed by atoms with Crippen LogP contribution < -0.4 is 0 Å². The molecule has 84 valence electrons. The number of aromatic nitrogens is 2. The molecule has 1 aromatic rings. The van der Waals surface area contributed by atoms with Gasteiger partial charge in [-0.15, -0.1) is 11.8 Å². The summed E-state index contributed by atoms with van der Waals surface area (Å²) in [5.74, 6) is -0.454. The Morgan fingerprint density at radius 3 is 2.94 bits per heavy atom. The molecule has 1 fully saturated rings. The van der Waals surface area contributed by atoms with Crippen LogP contribution in [-0.4, -0.2) is 49.8 Å². The predicted octanol–water partition coefficient (Wildman–Crippen LogP) is 0.0763. The fraction of sp³-hybridized carbons (Fsp3) is 0.333. The zero-order valence-corrected chi connectivity index (χ0v) is 9.05. The zero-order chi connectivity index (χ0) is 11.5. The lowest BCUT2D eigenvalue weighted by atomic mass is 10.2. The van der Waals surface area contributed by atoms with Gasteiger partial charge in [-0.3, -0.25) is 4.79 Å². The van der Waals surface area contributed by atoms with Crippen molar-refractivity contribution in [3.8, 4) is 0 Å². The van der Waals surface area contributed by atoms with Crippen LogP contribution in [0.1, 0.15) is 10.4 Å². The van der Waals surface area contributed by atoms with Crippen LogP contribution in [0.15, 0.2) is 18.5 Å². The molecule has 2 heterocycles. The number of carboxylic acids is 1. The molecule has 1 aliphatic rings. The van der Waals surface area contributed by atoms with Gasteiger partial charge in [-0.05, 0) is 6.07 Å². The van der Waals surface area contributed by atoms with Crippen molar-refractivity contribution in [1.29, 1.82) is 0 Å². The van der Waals surface area contributed by atoms with Crippen LogP contribution in [0.5, 0.6) is 0 Å². The van der Waals surface area contributed by atoms with Crippen LogP contribution >= 0.6 is 11.8 Å². The summed E-state index contributed by atoms with van der Waals surface area (Å²) < 4.78 is 0. The Labute approximate surface area is 95.7 Å². The fourth-order valence-electron chi connectivity index (χ4n) is 1.43. The summed E-state index contributed by atoms with van der Waals surface area (Å²) >= 11 is 1.43. The van der Waals surface area contributed by atoms with Crippen molar-refractivity contribution in [2.45, 2.75) is 6.04 Å². The van der Waals surface area contributed by atoms with E-state index in [1.54, 1.807) is 0 Å². The average Bonchev–Trinajstić information content (AvgIpc) is 2.78. The summed E-state index contributed by atoms with van der Waals surface area (Å²) in [7, 11) is 0. The molecule has 0 saturated carbocycles. The van der Waals surface area contributed by atoms with Gasteiger partial charge in [-0.2, -0.15) is 10.2 Å². The van der Waals surface area contributed by atoms with Gasteiger partial charge in [-0.25, -0.2) is 4.79 Å². The monoisotopic (exact) mass is 239 g/mol. The van der Waals surface area contributed by atoms with Gasteiger partial charge in [0.15, 0.2) is 0 Å². The Kier molecular flexibility index (Phi) is 3.04. The third kappa shape index (κ3) is 1.99. The SMILES string of the molecule is O=C(O)[C@@H]1CSCN1C(=O)c1ccnnc1. The minimum atomic E-state index is -0.972. The zero-order valence-electron chi connectivity index (χ0n) is 8.24. The molecule has 1 atom stereocenters. The Bertz CT molecular complexity index is 412. The maximum Gasteiger partial charge on any atom is 0.327 e. The highest BCUT2D eigenvalue weighted by Gasteiger charge is 2.34. The fourth-order valence-corrected chi connectivity index (χ4v) is 2.58. The first kappa shape index (κ1) is 10.9. The van der Waals surface area contributed by atoms with Crippen LogP contribution in [0, 0.1) is 0 Å². The molecule has 0 spiro atoms. The third-order valence-electron chi connectivity index (χ3n) is 2.26. The van der Waals surface area contributed by atoms with E-state index in [1.165, 1.54) is 35.1 Å². The van der Waals surface area contributed by atoms with Crippen LogP contribution in [0.4, 0.5) is 0 Å². The van der Waals surface area contributed by atoms with Gasteiger partial charge in [0, 0.05) is 5.75 Å². The first-order chi connectivity index (χ1) is 7.70. The highest BCUT2D eigenvalue weighted by molar-refractivity contribution is 7.99. The van der Waals surface area contributed by atoms with Gasteiger partial charge >= 0.3 is 5.97 Å². The highest BCUT2D eigenvalue weighted by Crippen LogP contribution is 2.22. The molecular formula is C9H9N3O3S. The lowest BCUT2D eigenvalue weighted by Gasteiger charge is -2.19. The smallest absolute Gasteiger partial charge is 0.327 e. The van der Waals surface area contributed by atoms with Gasteiger partial charge in [-0.1, -0.05) is 0 Å². The molecule has 16 heavy (non-hydrogen) atoms. The van der Waals surface area contributed by atoms with Crippen molar-refractivity contribution < 1.29 is 14.7 Å². The van der Waals surface area contributed by atoms with E-state index in [9.17, 15) is 9.59 Å². The molecular weight excluding hydrogens is 230 g/mol. The number of carbonyl (C=O) groups is 2. The van der Waals surface area contributed by atoms with Gasteiger partial charge in [0.25, 0.3) is 5.91 Å². The van der Waals surface area contributed by atoms with Gasteiger partial charge in [0.1, 0.15) is 6.04 Å². The van der Waals surface area contributed by atoms with Crippen molar-refractivity contribution in [1.82, 2.24) is 15.1 Å². The minimum absolute atomic E-state index is 0.313. The lowest BCUT2D eigenvalue weighted by molar-refractivity contribution is -0.140. The van der Waals surface area contributed by atoms with Crippen molar-refractivity contribution in [2.75, 3.05) is 11.6 Å².